The maximum atomic E-state index is 11.4. The van der Waals surface area contributed by atoms with E-state index in [1.807, 2.05) is 0 Å². The Balaban J connectivity index is 2.01. The van der Waals surface area contributed by atoms with Crippen LogP contribution in [0.2, 0.25) is 0 Å². The number of nitrogens with zero attached hydrogens (tertiary/aromatic N) is 1. The van der Waals surface area contributed by atoms with Crippen LogP contribution in [0.15, 0.2) is 0 Å². The summed E-state index contributed by atoms with van der Waals surface area (Å²) in [7, 11) is 4.63. The fraction of sp³-hybridized carbons (Fsp3) is 0.900. The zero-order valence-corrected chi connectivity index (χ0v) is 7.79. The monoisotopic (exact) mass is 166 g/mol. The van der Waals surface area contributed by atoms with Gasteiger partial charge in [-0.3, -0.25) is 4.79 Å². The first-order chi connectivity index (χ1) is 5.60. The van der Waals surface area contributed by atoms with Gasteiger partial charge >= 0.3 is 0 Å². The SMILES string of the molecule is C[N+]1(C)[C@@H]2CC(=O)C[C@H]1[C@H]1C[C@@H]12. The molecule has 0 aromatic rings. The lowest BCUT2D eigenvalue weighted by Gasteiger charge is -2.43. The summed E-state index contributed by atoms with van der Waals surface area (Å²) < 4.78 is 1.14. The third kappa shape index (κ3) is 0.634. The Morgan fingerprint density at radius 1 is 1.17 bits per heavy atom. The number of quaternary nitrogens is 1. The van der Waals surface area contributed by atoms with E-state index in [-0.39, 0.29) is 0 Å². The van der Waals surface area contributed by atoms with Crippen LogP contribution >= 0.6 is 0 Å². The first-order valence-electron chi connectivity index (χ1n) is 4.96. The fourth-order valence-electron chi connectivity index (χ4n) is 3.68. The molecule has 12 heavy (non-hydrogen) atoms. The molecule has 3 fully saturated rings. The van der Waals surface area contributed by atoms with Crippen LogP contribution in [0.3, 0.4) is 0 Å². The van der Waals surface area contributed by atoms with E-state index in [0.717, 1.165) is 29.2 Å². The van der Waals surface area contributed by atoms with Crippen LogP contribution in [-0.2, 0) is 4.79 Å². The van der Waals surface area contributed by atoms with Gasteiger partial charge in [-0.1, -0.05) is 0 Å². The van der Waals surface area contributed by atoms with E-state index in [9.17, 15) is 4.79 Å². The summed E-state index contributed by atoms with van der Waals surface area (Å²) >= 11 is 0. The first-order valence-corrected chi connectivity index (χ1v) is 4.96. The highest BCUT2D eigenvalue weighted by Crippen LogP contribution is 2.59. The Morgan fingerprint density at radius 2 is 1.67 bits per heavy atom. The minimum atomic E-state index is 0.523. The molecular weight excluding hydrogens is 150 g/mol. The number of Topliss-reactive ketones (excluding diaryl/α,β-unsaturated/α-hetero) is 1. The van der Waals surface area contributed by atoms with E-state index in [1.54, 1.807) is 0 Å². The van der Waals surface area contributed by atoms with Gasteiger partial charge in [-0.2, -0.15) is 0 Å². The van der Waals surface area contributed by atoms with E-state index < -0.39 is 0 Å². The second kappa shape index (κ2) is 1.77. The molecule has 3 rings (SSSR count). The number of rotatable bonds is 0. The molecule has 2 heteroatoms. The summed E-state index contributed by atoms with van der Waals surface area (Å²) in [5, 5.41) is 0. The molecule has 1 aliphatic carbocycles. The Labute approximate surface area is 73.1 Å². The van der Waals surface area contributed by atoms with Crippen molar-refractivity contribution in [3.8, 4) is 0 Å². The van der Waals surface area contributed by atoms with Crippen molar-refractivity contribution < 1.29 is 9.28 Å². The number of ketones is 1. The molecule has 0 N–H and O–H groups in total. The van der Waals surface area contributed by atoms with E-state index in [4.69, 9.17) is 0 Å². The van der Waals surface area contributed by atoms with Crippen LogP contribution in [0.5, 0.6) is 0 Å². The zero-order chi connectivity index (χ0) is 8.51. The predicted octanol–water partition coefficient (Wildman–Crippen LogP) is 0.813. The van der Waals surface area contributed by atoms with Crippen LogP contribution in [0.4, 0.5) is 0 Å². The number of hydrogen-bond acceptors (Lipinski definition) is 1. The standard InChI is InChI=1S/C10H16NO/c1-11(2)9-3-6(12)4-10(11)8-5-7(8)9/h7-10H,3-5H2,1-2H3/q+1/t7-,8-,9-,10+/m0/s1. The lowest BCUT2D eigenvalue weighted by Crippen LogP contribution is -2.57. The third-order valence-electron chi connectivity index (χ3n) is 4.46. The smallest absolute Gasteiger partial charge is 0.144 e. The molecule has 0 radical (unpaired) electrons. The summed E-state index contributed by atoms with van der Waals surface area (Å²) in [6, 6.07) is 1.36. The maximum Gasteiger partial charge on any atom is 0.144 e. The summed E-state index contributed by atoms with van der Waals surface area (Å²) in [4.78, 5) is 11.4. The normalized spacial score (nSPS) is 53.7. The molecule has 1 saturated carbocycles. The molecule has 0 amide bonds. The summed E-state index contributed by atoms with van der Waals surface area (Å²) in [5.41, 5.74) is 0. The molecule has 66 valence electrons. The van der Waals surface area contributed by atoms with Gasteiger partial charge < -0.3 is 4.48 Å². The van der Waals surface area contributed by atoms with E-state index >= 15 is 0 Å². The third-order valence-corrected chi connectivity index (χ3v) is 4.46. The molecule has 2 aliphatic heterocycles. The molecule has 2 nitrogen and oxygen atoms in total. The van der Waals surface area contributed by atoms with Gasteiger partial charge in [0.05, 0.1) is 39.0 Å². The molecule has 2 heterocycles. The highest BCUT2D eigenvalue weighted by molar-refractivity contribution is 5.80. The largest absolute Gasteiger partial charge is 0.322 e. The molecule has 0 spiro atoms. The lowest BCUT2D eigenvalue weighted by atomic mass is 9.95. The minimum absolute atomic E-state index is 0.523. The van der Waals surface area contributed by atoms with E-state index in [2.05, 4.69) is 14.1 Å². The van der Waals surface area contributed by atoms with Gasteiger partial charge in [0, 0.05) is 11.8 Å². The van der Waals surface area contributed by atoms with Crippen LogP contribution in [0, 0.1) is 11.8 Å². The Hall–Kier alpha value is -0.370. The van der Waals surface area contributed by atoms with Gasteiger partial charge in [0.25, 0.3) is 0 Å². The van der Waals surface area contributed by atoms with E-state index in [0.29, 0.717) is 17.9 Å². The van der Waals surface area contributed by atoms with Crippen LogP contribution in [0.25, 0.3) is 0 Å². The molecule has 2 saturated heterocycles. The van der Waals surface area contributed by atoms with Crippen LogP contribution in [0.1, 0.15) is 19.3 Å². The van der Waals surface area contributed by atoms with Crippen molar-refractivity contribution in [1.82, 2.24) is 0 Å². The maximum absolute atomic E-state index is 11.4. The van der Waals surface area contributed by atoms with Gasteiger partial charge in [-0.15, -0.1) is 0 Å². The number of fused-ring (bicyclic) bond motifs is 5. The number of carbonyl (C=O) groups excluding carboxylic acids is 1. The Bertz CT molecular complexity index is 237. The van der Waals surface area contributed by atoms with Crippen molar-refractivity contribution in [3.63, 3.8) is 0 Å². The molecule has 2 bridgehead atoms. The van der Waals surface area contributed by atoms with Crippen molar-refractivity contribution >= 4 is 5.78 Å². The molecule has 0 aromatic carbocycles. The molecule has 0 unspecified atom stereocenters. The molecule has 0 aromatic heterocycles. The van der Waals surface area contributed by atoms with Crippen LogP contribution < -0.4 is 0 Å². The van der Waals surface area contributed by atoms with Crippen molar-refractivity contribution in [2.45, 2.75) is 31.3 Å². The Morgan fingerprint density at radius 3 is 2.17 bits per heavy atom. The van der Waals surface area contributed by atoms with Crippen molar-refractivity contribution in [1.29, 1.82) is 0 Å². The van der Waals surface area contributed by atoms with Crippen molar-refractivity contribution in [3.05, 3.63) is 0 Å². The summed E-state index contributed by atoms with van der Waals surface area (Å²) in [5.74, 6) is 2.35. The molecule has 4 atom stereocenters. The van der Waals surface area contributed by atoms with Gasteiger partial charge in [0.15, 0.2) is 0 Å². The predicted molar refractivity (Wildman–Crippen MR) is 45.5 cm³/mol. The quantitative estimate of drug-likeness (QED) is 0.487. The Kier molecular flexibility index (Phi) is 1.04. The molecule has 3 aliphatic rings. The summed E-state index contributed by atoms with van der Waals surface area (Å²) in [6.45, 7) is 0. The number of piperidine rings is 2. The van der Waals surface area contributed by atoms with E-state index in [1.165, 1.54) is 6.42 Å². The lowest BCUT2D eigenvalue weighted by molar-refractivity contribution is -0.932. The topological polar surface area (TPSA) is 17.1 Å². The first kappa shape index (κ1) is 7.07. The van der Waals surface area contributed by atoms with Gasteiger partial charge in [-0.05, 0) is 6.42 Å². The van der Waals surface area contributed by atoms with Crippen molar-refractivity contribution in [2.75, 3.05) is 14.1 Å². The highest BCUT2D eigenvalue weighted by atomic mass is 16.1. The van der Waals surface area contributed by atoms with Crippen LogP contribution in [-0.4, -0.2) is 36.4 Å². The van der Waals surface area contributed by atoms with Gasteiger partial charge in [0.1, 0.15) is 5.78 Å². The van der Waals surface area contributed by atoms with Gasteiger partial charge in [0.2, 0.25) is 0 Å². The number of carbonyl (C=O) groups is 1. The van der Waals surface area contributed by atoms with Crippen molar-refractivity contribution in [2.24, 2.45) is 11.8 Å². The second-order valence-electron chi connectivity index (χ2n) is 5.27. The number of hydrogen-bond donors (Lipinski definition) is 0. The average molecular weight is 166 g/mol. The average Bonchev–Trinajstić information content (AvgIpc) is 2.66. The highest BCUT2D eigenvalue weighted by Gasteiger charge is 2.67. The fourth-order valence-corrected chi connectivity index (χ4v) is 3.68. The van der Waals surface area contributed by atoms with Gasteiger partial charge in [-0.25, -0.2) is 0 Å². The minimum Gasteiger partial charge on any atom is -0.322 e. The zero-order valence-electron chi connectivity index (χ0n) is 7.79. The molecular formula is C10H16NO+. The second-order valence-corrected chi connectivity index (χ2v) is 5.27. The summed E-state index contributed by atoms with van der Waals surface area (Å²) in [6.07, 6.45) is 3.15.